The van der Waals surface area contributed by atoms with E-state index in [-0.39, 0.29) is 5.82 Å². The number of halogens is 1. The summed E-state index contributed by atoms with van der Waals surface area (Å²) in [5.41, 5.74) is 4.54. The molecule has 0 heterocycles. The minimum atomic E-state index is -3.30. The minimum absolute atomic E-state index is 0.309. The Hall–Kier alpha value is -2.20. The van der Waals surface area contributed by atoms with E-state index < -0.39 is 9.84 Å². The van der Waals surface area contributed by atoms with E-state index in [9.17, 15) is 12.8 Å². The number of sulfone groups is 1. The maximum absolute atomic E-state index is 13.3. The highest BCUT2D eigenvalue weighted by Gasteiger charge is 2.25. The van der Waals surface area contributed by atoms with Crippen molar-refractivity contribution in [2.75, 3.05) is 6.26 Å². The van der Waals surface area contributed by atoms with E-state index in [1.807, 2.05) is 31.2 Å². The van der Waals surface area contributed by atoms with E-state index in [1.54, 1.807) is 18.2 Å². The van der Waals surface area contributed by atoms with E-state index in [4.69, 9.17) is 0 Å². The predicted octanol–water partition coefficient (Wildman–Crippen LogP) is 4.35. The molecule has 0 fully saturated rings. The van der Waals surface area contributed by atoms with Crippen LogP contribution in [-0.4, -0.2) is 14.7 Å². The topological polar surface area (TPSA) is 34.1 Å². The number of hydrogen-bond donors (Lipinski definition) is 0. The van der Waals surface area contributed by atoms with Crippen LogP contribution in [-0.2, 0) is 9.84 Å². The highest BCUT2D eigenvalue weighted by molar-refractivity contribution is 7.94. The Morgan fingerprint density at radius 1 is 1.04 bits per heavy atom. The summed E-state index contributed by atoms with van der Waals surface area (Å²) in [5.74, 6) is -0.309. The van der Waals surface area contributed by atoms with Gasteiger partial charge in [-0.1, -0.05) is 42.5 Å². The van der Waals surface area contributed by atoms with Crippen molar-refractivity contribution in [2.45, 2.75) is 13.3 Å². The maximum atomic E-state index is 13.3. The zero-order valence-corrected chi connectivity index (χ0v) is 13.8. The van der Waals surface area contributed by atoms with Crippen molar-refractivity contribution in [3.05, 3.63) is 87.7 Å². The van der Waals surface area contributed by atoms with Crippen LogP contribution in [0.25, 0.3) is 5.57 Å². The Morgan fingerprint density at radius 3 is 2.22 bits per heavy atom. The average Bonchev–Trinajstić information content (AvgIpc) is 3.01. The molecule has 0 atom stereocenters. The van der Waals surface area contributed by atoms with Gasteiger partial charge in [0.15, 0.2) is 9.84 Å². The van der Waals surface area contributed by atoms with Crippen LogP contribution in [0.4, 0.5) is 4.39 Å². The molecule has 0 spiro atoms. The second-order valence-electron chi connectivity index (χ2n) is 5.70. The Labute approximate surface area is 136 Å². The summed E-state index contributed by atoms with van der Waals surface area (Å²) >= 11 is 0. The van der Waals surface area contributed by atoms with Crippen LogP contribution in [0.2, 0.25) is 0 Å². The molecule has 0 saturated heterocycles. The molecule has 0 aliphatic heterocycles. The fourth-order valence-electron chi connectivity index (χ4n) is 3.07. The van der Waals surface area contributed by atoms with Gasteiger partial charge < -0.3 is 0 Å². The molecule has 0 aromatic heterocycles. The highest BCUT2D eigenvalue weighted by atomic mass is 32.2. The van der Waals surface area contributed by atoms with Gasteiger partial charge in [0.1, 0.15) is 5.82 Å². The molecule has 2 aliphatic rings. The fourth-order valence-corrected chi connectivity index (χ4v) is 4.12. The van der Waals surface area contributed by atoms with E-state index >= 15 is 0 Å². The average molecular weight is 328 g/mol. The minimum Gasteiger partial charge on any atom is -0.224 e. The first-order valence-electron chi connectivity index (χ1n) is 7.33. The highest BCUT2D eigenvalue weighted by Crippen LogP contribution is 2.40. The third kappa shape index (κ3) is 2.99. The summed E-state index contributed by atoms with van der Waals surface area (Å²) in [5, 5.41) is 0. The normalized spacial score (nSPS) is 18.0. The molecule has 2 nitrogen and oxygen atoms in total. The lowest BCUT2D eigenvalue weighted by Gasteiger charge is -2.23. The van der Waals surface area contributed by atoms with Crippen LogP contribution in [0.3, 0.4) is 0 Å². The monoisotopic (exact) mass is 328 g/mol. The summed E-state index contributed by atoms with van der Waals surface area (Å²) in [6.07, 6.45) is 11.4. The van der Waals surface area contributed by atoms with Gasteiger partial charge in [0, 0.05) is 6.26 Å². The number of hydrogen-bond acceptors (Lipinski definition) is 2. The van der Waals surface area contributed by atoms with Crippen LogP contribution < -0.4 is 0 Å². The standard InChI is InChI=1S/C19H17FO2S/c1-13-18(23(2,21)22)12-11-17(14-5-3-4-6-14)19(13)15-7-9-16(20)10-8-15/h3-10,12H,11H2,1-2H3. The predicted molar refractivity (Wildman–Crippen MR) is 91.8 cm³/mol. The number of benzene rings is 1. The number of allylic oxidation sites excluding steroid dienone is 9. The Bertz CT molecular complexity index is 895. The molecule has 0 unspecified atom stereocenters. The third-order valence-electron chi connectivity index (χ3n) is 4.08. The summed E-state index contributed by atoms with van der Waals surface area (Å²) < 4.78 is 37.4. The Morgan fingerprint density at radius 2 is 1.65 bits per heavy atom. The van der Waals surface area contributed by atoms with E-state index in [2.05, 4.69) is 0 Å². The first-order chi connectivity index (χ1) is 10.9. The van der Waals surface area contributed by atoms with Crippen molar-refractivity contribution < 1.29 is 12.8 Å². The molecular formula is C19H17FO2S. The van der Waals surface area contributed by atoms with Gasteiger partial charge in [-0.25, -0.2) is 12.8 Å². The second kappa shape index (κ2) is 5.78. The summed E-state index contributed by atoms with van der Waals surface area (Å²) in [4.78, 5) is 0.354. The van der Waals surface area contributed by atoms with Crippen molar-refractivity contribution in [3.8, 4) is 0 Å². The molecule has 23 heavy (non-hydrogen) atoms. The van der Waals surface area contributed by atoms with Gasteiger partial charge in [0.2, 0.25) is 0 Å². The SMILES string of the molecule is CC1=C(c2ccc(F)cc2)C(=C2C=CC=C2)CC=C1S(C)(=O)=O. The number of rotatable bonds is 2. The molecule has 0 N–H and O–H groups in total. The van der Waals surface area contributed by atoms with Gasteiger partial charge in [-0.2, -0.15) is 0 Å². The first kappa shape index (κ1) is 15.7. The molecule has 0 bridgehead atoms. The quantitative estimate of drug-likeness (QED) is 0.808. The van der Waals surface area contributed by atoms with Crippen molar-refractivity contribution in [2.24, 2.45) is 0 Å². The van der Waals surface area contributed by atoms with E-state index in [0.717, 1.165) is 22.3 Å². The van der Waals surface area contributed by atoms with Crippen LogP contribution >= 0.6 is 0 Å². The fraction of sp³-hybridized carbons (Fsp3) is 0.158. The van der Waals surface area contributed by atoms with Gasteiger partial charge >= 0.3 is 0 Å². The molecule has 0 radical (unpaired) electrons. The van der Waals surface area contributed by atoms with Crippen LogP contribution in [0.15, 0.2) is 76.3 Å². The second-order valence-corrected chi connectivity index (χ2v) is 7.69. The smallest absolute Gasteiger partial charge is 0.175 e. The van der Waals surface area contributed by atoms with Gasteiger partial charge in [0.05, 0.1) is 4.91 Å². The molecule has 3 rings (SSSR count). The molecule has 4 heteroatoms. The zero-order chi connectivity index (χ0) is 16.6. The van der Waals surface area contributed by atoms with Crippen LogP contribution in [0, 0.1) is 5.82 Å². The molecule has 2 aliphatic carbocycles. The largest absolute Gasteiger partial charge is 0.224 e. The maximum Gasteiger partial charge on any atom is 0.175 e. The summed E-state index contributed by atoms with van der Waals surface area (Å²) in [6, 6.07) is 6.19. The Kier molecular flexibility index (Phi) is 3.94. The van der Waals surface area contributed by atoms with Gasteiger partial charge in [-0.3, -0.25) is 0 Å². The van der Waals surface area contributed by atoms with E-state index in [1.165, 1.54) is 18.4 Å². The van der Waals surface area contributed by atoms with Gasteiger partial charge in [-0.15, -0.1) is 0 Å². The van der Waals surface area contributed by atoms with Crippen molar-refractivity contribution in [1.29, 1.82) is 0 Å². The van der Waals surface area contributed by atoms with Crippen LogP contribution in [0.5, 0.6) is 0 Å². The van der Waals surface area contributed by atoms with E-state index in [0.29, 0.717) is 16.9 Å². The van der Waals surface area contributed by atoms with Crippen molar-refractivity contribution in [3.63, 3.8) is 0 Å². The third-order valence-corrected chi connectivity index (χ3v) is 5.35. The first-order valence-corrected chi connectivity index (χ1v) is 9.23. The summed E-state index contributed by atoms with van der Waals surface area (Å²) in [6.45, 7) is 1.81. The van der Waals surface area contributed by atoms with Crippen molar-refractivity contribution in [1.82, 2.24) is 0 Å². The lowest BCUT2D eigenvalue weighted by atomic mass is 9.85. The van der Waals surface area contributed by atoms with Gasteiger partial charge in [-0.05, 0) is 53.3 Å². The molecule has 0 saturated carbocycles. The van der Waals surface area contributed by atoms with Gasteiger partial charge in [0.25, 0.3) is 0 Å². The lowest BCUT2D eigenvalue weighted by molar-refractivity contribution is 0.607. The molecule has 1 aromatic rings. The Balaban J connectivity index is 2.26. The van der Waals surface area contributed by atoms with Crippen molar-refractivity contribution >= 4 is 15.4 Å². The molecule has 0 amide bonds. The lowest BCUT2D eigenvalue weighted by Crippen LogP contribution is -2.10. The molecule has 118 valence electrons. The zero-order valence-electron chi connectivity index (χ0n) is 13.0. The summed E-state index contributed by atoms with van der Waals surface area (Å²) in [7, 11) is -3.30. The van der Waals surface area contributed by atoms with Crippen LogP contribution in [0.1, 0.15) is 18.9 Å². The molecular weight excluding hydrogens is 311 g/mol. The molecule has 1 aromatic carbocycles.